The lowest BCUT2D eigenvalue weighted by atomic mass is 9.79. The molecule has 0 amide bonds. The molecule has 4 nitrogen and oxygen atoms in total. The number of rotatable bonds is 2. The van der Waals surface area contributed by atoms with Crippen molar-refractivity contribution < 1.29 is 36.2 Å². The Labute approximate surface area is 136 Å². The third-order valence-electron chi connectivity index (χ3n) is 3.53. The Balaban J connectivity index is 2.63. The monoisotopic (exact) mass is 372 g/mol. The molecule has 1 heterocycles. The van der Waals surface area contributed by atoms with Gasteiger partial charge in [-0.25, -0.2) is 0 Å². The summed E-state index contributed by atoms with van der Waals surface area (Å²) in [6, 6.07) is 4.84. The zero-order valence-corrected chi connectivity index (χ0v) is 12.4. The van der Waals surface area contributed by atoms with Gasteiger partial charge < -0.3 is 15.7 Å². The van der Waals surface area contributed by atoms with Crippen LogP contribution in [0.15, 0.2) is 30.3 Å². The minimum absolute atomic E-state index is 0.0633. The second kappa shape index (κ2) is 5.88. The van der Waals surface area contributed by atoms with Crippen LogP contribution in [0.3, 0.4) is 0 Å². The molecule has 132 valence electrons. The van der Waals surface area contributed by atoms with Gasteiger partial charge in [-0.1, -0.05) is 30.3 Å². The first kappa shape index (κ1) is 18.5. The molecule has 1 saturated heterocycles. The third-order valence-corrected chi connectivity index (χ3v) is 3.75. The largest absolute Gasteiger partial charge is 0.450 e. The quantitative estimate of drug-likeness (QED) is 0.549. The van der Waals surface area contributed by atoms with E-state index in [1.54, 1.807) is 0 Å². The van der Waals surface area contributed by atoms with Gasteiger partial charge in [0.05, 0.1) is 6.04 Å². The molecule has 11 heteroatoms. The number of thiocarbonyl (C=S) groups is 1. The first-order valence-electron chi connectivity index (χ1n) is 6.41. The van der Waals surface area contributed by atoms with Crippen molar-refractivity contribution in [2.75, 3.05) is 0 Å². The van der Waals surface area contributed by atoms with Gasteiger partial charge in [-0.05, 0) is 17.8 Å². The second-order valence-electron chi connectivity index (χ2n) is 5.09. The molecule has 1 aliphatic heterocycles. The van der Waals surface area contributed by atoms with Crippen LogP contribution in [-0.2, 0) is 4.79 Å². The minimum atomic E-state index is -5.59. The van der Waals surface area contributed by atoms with E-state index in [4.69, 9.17) is 0 Å². The van der Waals surface area contributed by atoms with Crippen molar-refractivity contribution in [2.45, 2.75) is 24.1 Å². The van der Waals surface area contributed by atoms with E-state index in [0.29, 0.717) is 0 Å². The molecule has 3 atom stereocenters. The maximum Gasteiger partial charge on any atom is 0.450 e. The highest BCUT2D eigenvalue weighted by Gasteiger charge is 2.68. The molecule has 1 fully saturated rings. The number of Topliss-reactive ketones (excluding diaryl/α,β-unsaturated/α-hetero) is 1. The maximum absolute atomic E-state index is 13.3. The van der Waals surface area contributed by atoms with Crippen molar-refractivity contribution in [1.82, 2.24) is 10.6 Å². The lowest BCUT2D eigenvalue weighted by Crippen LogP contribution is -2.73. The first-order valence-corrected chi connectivity index (χ1v) is 6.82. The number of carbonyl (C=O) groups is 1. The van der Waals surface area contributed by atoms with Crippen LogP contribution in [0.4, 0.5) is 26.3 Å². The zero-order valence-electron chi connectivity index (χ0n) is 11.6. The van der Waals surface area contributed by atoms with Gasteiger partial charge in [-0.3, -0.25) is 4.79 Å². The Bertz CT molecular complexity index is 648. The standard InChI is InChI=1S/C13H10F6N2O2S/c14-12(15,16)9(22)7-8(6-4-2-1-3-5-6)20-10(24)21-11(7,23)13(17,18)19/h1-5,7-8,23H,(H2,20,21,24)/t7-,8+,11-/m0/s1. The number of hydrogen-bond donors (Lipinski definition) is 3. The van der Waals surface area contributed by atoms with Gasteiger partial charge >= 0.3 is 12.4 Å². The van der Waals surface area contributed by atoms with Gasteiger partial charge in [0.2, 0.25) is 11.5 Å². The highest BCUT2D eigenvalue weighted by molar-refractivity contribution is 7.80. The van der Waals surface area contributed by atoms with Crippen LogP contribution in [0.1, 0.15) is 11.6 Å². The number of benzene rings is 1. The Kier molecular flexibility index (Phi) is 4.53. The van der Waals surface area contributed by atoms with Crippen LogP contribution >= 0.6 is 12.2 Å². The third kappa shape index (κ3) is 3.18. The van der Waals surface area contributed by atoms with Gasteiger partial charge in [0.25, 0.3) is 0 Å². The van der Waals surface area contributed by atoms with Gasteiger partial charge in [-0.15, -0.1) is 0 Å². The number of halogens is 6. The number of aliphatic hydroxyl groups is 1. The molecular weight excluding hydrogens is 362 g/mol. The van der Waals surface area contributed by atoms with E-state index in [1.807, 2.05) is 0 Å². The lowest BCUT2D eigenvalue weighted by Gasteiger charge is -2.46. The molecule has 2 rings (SSSR count). The van der Waals surface area contributed by atoms with E-state index in [-0.39, 0.29) is 5.56 Å². The molecule has 1 aromatic carbocycles. The Morgan fingerprint density at radius 3 is 2.12 bits per heavy atom. The average Bonchev–Trinajstić information content (AvgIpc) is 2.44. The zero-order chi connectivity index (χ0) is 18.3. The molecule has 0 bridgehead atoms. The van der Waals surface area contributed by atoms with Crippen LogP contribution in [0.2, 0.25) is 0 Å². The Hall–Kier alpha value is -1.88. The van der Waals surface area contributed by atoms with Gasteiger partial charge in [0.15, 0.2) is 5.11 Å². The summed E-state index contributed by atoms with van der Waals surface area (Å²) in [5.41, 5.74) is -4.23. The van der Waals surface area contributed by atoms with Crippen LogP contribution < -0.4 is 10.6 Å². The number of carbonyl (C=O) groups excluding carboxylic acids is 1. The van der Waals surface area contributed by atoms with Gasteiger partial charge in [0, 0.05) is 0 Å². The molecule has 0 saturated carbocycles. The van der Waals surface area contributed by atoms with Crippen molar-refractivity contribution in [3.05, 3.63) is 35.9 Å². The summed E-state index contributed by atoms with van der Waals surface area (Å²) >= 11 is 4.56. The maximum atomic E-state index is 13.3. The number of nitrogens with one attached hydrogen (secondary N) is 2. The smallest absolute Gasteiger partial charge is 0.363 e. The van der Waals surface area contributed by atoms with Crippen LogP contribution in [-0.4, -0.2) is 34.1 Å². The summed E-state index contributed by atoms with van der Waals surface area (Å²) in [7, 11) is 0. The summed E-state index contributed by atoms with van der Waals surface area (Å²) in [5.74, 6) is -5.65. The highest BCUT2D eigenvalue weighted by atomic mass is 32.1. The average molecular weight is 372 g/mol. The van der Waals surface area contributed by atoms with Crippen molar-refractivity contribution in [1.29, 1.82) is 0 Å². The second-order valence-corrected chi connectivity index (χ2v) is 5.50. The summed E-state index contributed by atoms with van der Waals surface area (Å²) in [5, 5.41) is 12.8. The molecule has 0 aromatic heterocycles. The SMILES string of the molecule is O=C([C@@H]1[C@@H](c2ccccc2)NC(=S)N[C@@]1(O)C(F)(F)F)C(F)(F)F. The molecule has 0 aliphatic carbocycles. The normalized spacial score (nSPS) is 28.0. The van der Waals surface area contributed by atoms with E-state index in [2.05, 4.69) is 17.5 Å². The number of alkyl halides is 6. The first-order chi connectivity index (χ1) is 10.9. The fourth-order valence-electron chi connectivity index (χ4n) is 2.45. The molecule has 1 aliphatic rings. The van der Waals surface area contributed by atoms with E-state index < -0.39 is 40.9 Å². The van der Waals surface area contributed by atoms with Crippen molar-refractivity contribution >= 4 is 23.1 Å². The topological polar surface area (TPSA) is 61.4 Å². The molecule has 3 N–H and O–H groups in total. The minimum Gasteiger partial charge on any atom is -0.363 e. The van der Waals surface area contributed by atoms with Crippen molar-refractivity contribution in [3.8, 4) is 0 Å². The molecular formula is C13H10F6N2O2S. The summed E-state index contributed by atoms with van der Waals surface area (Å²) in [6.45, 7) is 0. The number of ketones is 1. The summed E-state index contributed by atoms with van der Waals surface area (Å²) < 4.78 is 78.3. The molecule has 1 aromatic rings. The highest BCUT2D eigenvalue weighted by Crippen LogP contribution is 2.45. The van der Waals surface area contributed by atoms with Gasteiger partial charge in [-0.2, -0.15) is 26.3 Å². The molecule has 0 radical (unpaired) electrons. The molecule has 0 spiro atoms. The van der Waals surface area contributed by atoms with E-state index in [9.17, 15) is 36.2 Å². The molecule has 24 heavy (non-hydrogen) atoms. The Morgan fingerprint density at radius 1 is 1.12 bits per heavy atom. The van der Waals surface area contributed by atoms with Crippen LogP contribution in [0.25, 0.3) is 0 Å². The summed E-state index contributed by atoms with van der Waals surface area (Å²) in [6.07, 6.45) is -11.2. The number of hydrogen-bond acceptors (Lipinski definition) is 3. The van der Waals surface area contributed by atoms with E-state index in [0.717, 1.165) is 0 Å². The predicted molar refractivity (Wildman–Crippen MR) is 73.6 cm³/mol. The van der Waals surface area contributed by atoms with E-state index in [1.165, 1.54) is 35.6 Å². The van der Waals surface area contributed by atoms with Crippen LogP contribution in [0, 0.1) is 5.92 Å². The predicted octanol–water partition coefficient (Wildman–Crippen LogP) is 2.20. The van der Waals surface area contributed by atoms with Crippen molar-refractivity contribution in [3.63, 3.8) is 0 Å². The fraction of sp³-hybridized carbons (Fsp3) is 0.385. The van der Waals surface area contributed by atoms with E-state index >= 15 is 0 Å². The van der Waals surface area contributed by atoms with Crippen LogP contribution in [0.5, 0.6) is 0 Å². The fourth-order valence-corrected chi connectivity index (χ4v) is 2.74. The van der Waals surface area contributed by atoms with Gasteiger partial charge in [0.1, 0.15) is 5.92 Å². The molecule has 0 unspecified atom stereocenters. The lowest BCUT2D eigenvalue weighted by molar-refractivity contribution is -0.293. The Morgan fingerprint density at radius 2 is 1.67 bits per heavy atom. The van der Waals surface area contributed by atoms with Crippen molar-refractivity contribution in [2.24, 2.45) is 5.92 Å². The summed E-state index contributed by atoms with van der Waals surface area (Å²) in [4.78, 5) is 11.7.